The summed E-state index contributed by atoms with van der Waals surface area (Å²) >= 11 is 0. The van der Waals surface area contributed by atoms with Gasteiger partial charge in [-0.25, -0.2) is 9.59 Å². The van der Waals surface area contributed by atoms with Crippen molar-refractivity contribution >= 4 is 28.9 Å². The predicted molar refractivity (Wildman–Crippen MR) is 116 cm³/mol. The fourth-order valence-electron chi connectivity index (χ4n) is 3.25. The summed E-state index contributed by atoms with van der Waals surface area (Å²) in [5.74, 6) is -2.11. The van der Waals surface area contributed by atoms with Crippen molar-refractivity contribution in [3.8, 4) is 5.75 Å². The number of nitrogens with one attached hydrogen (secondary N) is 2. The molecule has 12 nitrogen and oxygen atoms in total. The lowest BCUT2D eigenvalue weighted by Gasteiger charge is -2.23. The summed E-state index contributed by atoms with van der Waals surface area (Å²) in [4.78, 5) is 34.2. The van der Waals surface area contributed by atoms with E-state index in [4.69, 9.17) is 14.9 Å². The van der Waals surface area contributed by atoms with Crippen LogP contribution in [0, 0.1) is 0 Å². The van der Waals surface area contributed by atoms with Crippen LogP contribution in [0.3, 0.4) is 0 Å². The third kappa shape index (κ3) is 7.96. The summed E-state index contributed by atoms with van der Waals surface area (Å²) < 4.78 is 5.35. The van der Waals surface area contributed by atoms with Crippen LogP contribution in [0.2, 0.25) is 0 Å². The molecule has 2 aromatic rings. The van der Waals surface area contributed by atoms with E-state index in [9.17, 15) is 14.4 Å². The van der Waals surface area contributed by atoms with Crippen LogP contribution >= 0.6 is 0 Å². The van der Waals surface area contributed by atoms with E-state index in [1.807, 2.05) is 0 Å². The fraction of sp³-hybridized carbons (Fsp3) is 0.450. The van der Waals surface area contributed by atoms with Gasteiger partial charge in [-0.15, -0.1) is 0 Å². The number of likely N-dealkylation sites (N-methyl/N-ethyl adjacent to an activating group) is 1. The molecule has 0 radical (unpaired) electrons. The van der Waals surface area contributed by atoms with Gasteiger partial charge < -0.3 is 30.6 Å². The molecule has 32 heavy (non-hydrogen) atoms. The molecule has 1 atom stereocenters. The van der Waals surface area contributed by atoms with Crippen molar-refractivity contribution in [2.45, 2.75) is 32.2 Å². The normalized spacial score (nSPS) is 16.4. The number of carboxylic acids is 2. The number of aliphatic carboxylic acids is 2. The standard InChI is InChI=1S/C16H23N5O2.C4H4O4.H2O/c1-3-21-7-5-4-6-11(10-21)17-16(22)12-8-13-14(19-20-18-13)9-15(12)23-2;5-3(6)1-2-4(7)8;/h8-9,11H,3-7,10H2,1-2H3,(H,17,22)(H,18,19,20);1-2H,(H,5,6)(H,7,8);1H2. The van der Waals surface area contributed by atoms with E-state index in [0.717, 1.165) is 32.5 Å². The molecule has 6 N–H and O–H groups in total. The van der Waals surface area contributed by atoms with Crippen molar-refractivity contribution < 1.29 is 34.8 Å². The van der Waals surface area contributed by atoms with Crippen LogP contribution in [-0.2, 0) is 9.59 Å². The number of hydrogen-bond acceptors (Lipinski definition) is 7. The molecule has 12 heteroatoms. The van der Waals surface area contributed by atoms with Crippen LogP contribution in [0.25, 0.3) is 11.0 Å². The number of nitrogens with zero attached hydrogens (tertiary/aromatic N) is 3. The van der Waals surface area contributed by atoms with Gasteiger partial charge in [-0.05, 0) is 32.0 Å². The van der Waals surface area contributed by atoms with Gasteiger partial charge >= 0.3 is 11.9 Å². The van der Waals surface area contributed by atoms with E-state index < -0.39 is 11.9 Å². The Morgan fingerprint density at radius 2 is 1.81 bits per heavy atom. The van der Waals surface area contributed by atoms with Gasteiger partial charge in [0.2, 0.25) is 0 Å². The van der Waals surface area contributed by atoms with Crippen molar-refractivity contribution in [2.24, 2.45) is 0 Å². The van der Waals surface area contributed by atoms with E-state index in [0.29, 0.717) is 34.5 Å². The SMILES string of the molecule is CCN1CCCCC(NC(=O)c2cc3n[nH]nc3cc2OC)C1.O.O=C(O)C=CC(=O)O. The van der Waals surface area contributed by atoms with Crippen LogP contribution in [0.5, 0.6) is 5.75 Å². The Morgan fingerprint density at radius 3 is 2.38 bits per heavy atom. The summed E-state index contributed by atoms with van der Waals surface area (Å²) in [6.07, 6.45) is 4.46. The minimum Gasteiger partial charge on any atom is -0.496 e. The Bertz CT molecular complexity index is 928. The maximum absolute atomic E-state index is 12.7. The number of aromatic nitrogens is 3. The van der Waals surface area contributed by atoms with Crippen LogP contribution in [0.4, 0.5) is 0 Å². The third-order valence-corrected chi connectivity index (χ3v) is 4.79. The van der Waals surface area contributed by atoms with Gasteiger partial charge in [0.15, 0.2) is 0 Å². The number of benzene rings is 1. The zero-order valence-electron chi connectivity index (χ0n) is 18.0. The summed E-state index contributed by atoms with van der Waals surface area (Å²) in [5, 5.41) is 29.4. The number of likely N-dealkylation sites (tertiary alicyclic amines) is 1. The van der Waals surface area contributed by atoms with Gasteiger partial charge in [0.1, 0.15) is 16.8 Å². The number of hydrogen-bond donors (Lipinski definition) is 4. The zero-order valence-corrected chi connectivity index (χ0v) is 18.0. The van der Waals surface area contributed by atoms with E-state index in [1.54, 1.807) is 19.2 Å². The predicted octanol–water partition coefficient (Wildman–Crippen LogP) is 0.458. The number of carbonyl (C=O) groups excluding carboxylic acids is 1. The molecule has 0 saturated carbocycles. The van der Waals surface area contributed by atoms with E-state index in [2.05, 4.69) is 32.6 Å². The average Bonchev–Trinajstić information content (AvgIpc) is 3.08. The molecular weight excluding hydrogens is 422 g/mol. The number of aromatic amines is 1. The van der Waals surface area contributed by atoms with Gasteiger partial charge in [0.05, 0.1) is 12.7 Å². The molecule has 1 amide bonds. The zero-order chi connectivity index (χ0) is 22.8. The molecule has 1 aliphatic rings. The molecule has 1 fully saturated rings. The van der Waals surface area contributed by atoms with Crippen LogP contribution in [-0.4, -0.2) is 86.6 Å². The lowest BCUT2D eigenvalue weighted by Crippen LogP contribution is -2.42. The Hall–Kier alpha value is -3.51. The largest absolute Gasteiger partial charge is 0.496 e. The van der Waals surface area contributed by atoms with Gasteiger partial charge in [0.25, 0.3) is 5.91 Å². The quantitative estimate of drug-likeness (QED) is 0.452. The molecule has 1 unspecified atom stereocenters. The first kappa shape index (κ1) is 26.5. The summed E-state index contributed by atoms with van der Waals surface area (Å²) in [5.41, 5.74) is 1.85. The lowest BCUT2D eigenvalue weighted by atomic mass is 10.1. The Kier molecular flexibility index (Phi) is 10.8. The number of fused-ring (bicyclic) bond motifs is 1. The van der Waals surface area contributed by atoms with Crippen molar-refractivity contribution in [3.05, 3.63) is 29.8 Å². The van der Waals surface area contributed by atoms with Gasteiger partial charge in [-0.1, -0.05) is 13.3 Å². The number of carboxylic acid groups (broad SMARTS) is 2. The topological polar surface area (TPSA) is 189 Å². The molecule has 0 aliphatic carbocycles. The molecule has 1 aromatic heterocycles. The number of ether oxygens (including phenoxy) is 1. The number of H-pyrrole nitrogens is 1. The summed E-state index contributed by atoms with van der Waals surface area (Å²) in [6, 6.07) is 3.63. The maximum atomic E-state index is 12.7. The van der Waals surface area contributed by atoms with Crippen molar-refractivity contribution in [1.29, 1.82) is 0 Å². The highest BCUT2D eigenvalue weighted by molar-refractivity contribution is 6.00. The Balaban J connectivity index is 0.000000491. The fourth-order valence-corrected chi connectivity index (χ4v) is 3.25. The third-order valence-electron chi connectivity index (χ3n) is 4.79. The van der Waals surface area contributed by atoms with Crippen molar-refractivity contribution in [2.75, 3.05) is 26.7 Å². The second-order valence-electron chi connectivity index (χ2n) is 6.93. The Morgan fingerprint density at radius 1 is 1.19 bits per heavy atom. The molecule has 3 rings (SSSR count). The smallest absolute Gasteiger partial charge is 0.328 e. The highest BCUT2D eigenvalue weighted by Crippen LogP contribution is 2.24. The highest BCUT2D eigenvalue weighted by atomic mass is 16.5. The van der Waals surface area contributed by atoms with Crippen LogP contribution in [0.15, 0.2) is 24.3 Å². The van der Waals surface area contributed by atoms with E-state index in [-0.39, 0.29) is 17.4 Å². The Labute approximate surface area is 184 Å². The molecule has 1 saturated heterocycles. The average molecular weight is 451 g/mol. The van der Waals surface area contributed by atoms with Crippen molar-refractivity contribution in [3.63, 3.8) is 0 Å². The number of rotatable bonds is 6. The second kappa shape index (κ2) is 13.0. The van der Waals surface area contributed by atoms with E-state index >= 15 is 0 Å². The minimum absolute atomic E-state index is 0. The summed E-state index contributed by atoms with van der Waals surface area (Å²) in [7, 11) is 1.56. The highest BCUT2D eigenvalue weighted by Gasteiger charge is 2.22. The van der Waals surface area contributed by atoms with Crippen molar-refractivity contribution in [1.82, 2.24) is 25.6 Å². The molecule has 1 aromatic carbocycles. The molecule has 1 aliphatic heterocycles. The summed E-state index contributed by atoms with van der Waals surface area (Å²) in [6.45, 7) is 5.18. The number of methoxy groups -OCH3 is 1. The van der Waals surface area contributed by atoms with Gasteiger partial charge in [-0.3, -0.25) is 4.79 Å². The minimum atomic E-state index is -1.26. The maximum Gasteiger partial charge on any atom is 0.328 e. The molecular formula is C20H29N5O7. The molecule has 0 bridgehead atoms. The second-order valence-corrected chi connectivity index (χ2v) is 6.93. The van der Waals surface area contributed by atoms with Crippen LogP contribution < -0.4 is 10.1 Å². The first-order chi connectivity index (χ1) is 14.8. The van der Waals surface area contributed by atoms with E-state index in [1.165, 1.54) is 6.42 Å². The first-order valence-corrected chi connectivity index (χ1v) is 9.89. The number of amides is 1. The molecule has 0 spiro atoms. The first-order valence-electron chi connectivity index (χ1n) is 9.89. The van der Waals surface area contributed by atoms with Gasteiger partial charge in [0, 0.05) is 30.8 Å². The number of carbonyl (C=O) groups is 3. The van der Waals surface area contributed by atoms with Crippen LogP contribution in [0.1, 0.15) is 36.5 Å². The molecule has 176 valence electrons. The van der Waals surface area contributed by atoms with Gasteiger partial charge in [-0.2, -0.15) is 15.4 Å². The molecule has 2 heterocycles. The monoisotopic (exact) mass is 451 g/mol. The lowest BCUT2D eigenvalue weighted by molar-refractivity contribution is -0.134.